The minimum atomic E-state index is -0.277. The number of carbonyl (C=O) groups is 1. The summed E-state index contributed by atoms with van der Waals surface area (Å²) < 4.78 is 0. The van der Waals surface area contributed by atoms with Gasteiger partial charge in [-0.2, -0.15) is 0 Å². The predicted molar refractivity (Wildman–Crippen MR) is 111 cm³/mol. The monoisotopic (exact) mass is 373 g/mol. The van der Waals surface area contributed by atoms with Gasteiger partial charge in [0.05, 0.1) is 5.69 Å². The van der Waals surface area contributed by atoms with Crippen LogP contribution in [-0.4, -0.2) is 17.4 Å². The van der Waals surface area contributed by atoms with Crippen LogP contribution < -0.4 is 11.1 Å². The molecule has 1 aromatic carbocycles. The summed E-state index contributed by atoms with van der Waals surface area (Å²) in [6.07, 6.45) is 2.40. The lowest BCUT2D eigenvalue weighted by Gasteiger charge is -2.16. The first-order chi connectivity index (χ1) is 12.3. The van der Waals surface area contributed by atoms with Crippen molar-refractivity contribution in [3.05, 3.63) is 46.5 Å². The minimum Gasteiger partial charge on any atom is -0.370 e. The first-order valence-corrected chi connectivity index (χ1v) is 10.2. The maximum absolute atomic E-state index is 11.5. The third kappa shape index (κ3) is 6.45. The Hall–Kier alpha value is -1.88. The Morgan fingerprint density at radius 3 is 2.35 bits per heavy atom. The third-order valence-corrected chi connectivity index (χ3v) is 5.27. The van der Waals surface area contributed by atoms with Crippen LogP contribution in [0.5, 0.6) is 0 Å². The zero-order valence-corrected chi connectivity index (χ0v) is 17.1. The largest absolute Gasteiger partial charge is 0.370 e. The summed E-state index contributed by atoms with van der Waals surface area (Å²) in [6.45, 7) is 9.59. The molecule has 0 saturated heterocycles. The van der Waals surface area contributed by atoms with Gasteiger partial charge in [0.1, 0.15) is 0 Å². The highest BCUT2D eigenvalue weighted by molar-refractivity contribution is 7.15. The fraction of sp³-hybridized carbons (Fsp3) is 0.524. The van der Waals surface area contributed by atoms with E-state index < -0.39 is 0 Å². The molecule has 1 heterocycles. The number of nitrogens with one attached hydrogen (secondary N) is 1. The molecule has 26 heavy (non-hydrogen) atoms. The van der Waals surface area contributed by atoms with Crippen molar-refractivity contribution < 1.29 is 4.79 Å². The Labute approximate surface area is 161 Å². The van der Waals surface area contributed by atoms with E-state index in [0.29, 0.717) is 24.8 Å². The normalized spacial score (nSPS) is 12.5. The number of primary amides is 1. The molecule has 1 unspecified atom stereocenters. The SMILES string of the molecule is CC(C)Cc1nc(NCC(CC(N)=O)c2ccccc2)sc1CC(C)C. The fourth-order valence-corrected chi connectivity index (χ4v) is 4.23. The number of thiazole rings is 1. The molecule has 0 aliphatic heterocycles. The zero-order chi connectivity index (χ0) is 19.1. The number of hydrogen-bond acceptors (Lipinski definition) is 4. The van der Waals surface area contributed by atoms with Crippen molar-refractivity contribution in [2.24, 2.45) is 17.6 Å². The molecule has 0 fully saturated rings. The first-order valence-electron chi connectivity index (χ1n) is 9.40. The molecule has 0 saturated carbocycles. The van der Waals surface area contributed by atoms with Crippen LogP contribution in [0.4, 0.5) is 5.13 Å². The van der Waals surface area contributed by atoms with Gasteiger partial charge in [-0.05, 0) is 30.2 Å². The molecule has 3 N–H and O–H groups in total. The van der Waals surface area contributed by atoms with Gasteiger partial charge in [-0.3, -0.25) is 4.79 Å². The van der Waals surface area contributed by atoms with Gasteiger partial charge in [0, 0.05) is 23.8 Å². The van der Waals surface area contributed by atoms with Gasteiger partial charge in [0.15, 0.2) is 5.13 Å². The molecule has 2 aromatic rings. The summed E-state index contributed by atoms with van der Waals surface area (Å²) in [6, 6.07) is 10.1. The smallest absolute Gasteiger partial charge is 0.218 e. The Balaban J connectivity index is 2.12. The van der Waals surface area contributed by atoms with E-state index in [9.17, 15) is 4.79 Å². The van der Waals surface area contributed by atoms with Crippen molar-refractivity contribution in [1.29, 1.82) is 0 Å². The topological polar surface area (TPSA) is 68.0 Å². The summed E-state index contributed by atoms with van der Waals surface area (Å²) in [5.74, 6) is 0.976. The van der Waals surface area contributed by atoms with Gasteiger partial charge in [-0.15, -0.1) is 11.3 Å². The lowest BCUT2D eigenvalue weighted by Crippen LogP contribution is -2.20. The molecule has 0 radical (unpaired) electrons. The Morgan fingerprint density at radius 2 is 1.77 bits per heavy atom. The van der Waals surface area contributed by atoms with Gasteiger partial charge in [0.2, 0.25) is 5.91 Å². The molecule has 2 rings (SSSR count). The third-order valence-electron chi connectivity index (χ3n) is 4.19. The number of carbonyl (C=O) groups excluding carboxylic acids is 1. The minimum absolute atomic E-state index is 0.0553. The van der Waals surface area contributed by atoms with Crippen molar-refractivity contribution in [2.45, 2.75) is 52.9 Å². The Morgan fingerprint density at radius 1 is 1.12 bits per heavy atom. The van der Waals surface area contributed by atoms with Gasteiger partial charge >= 0.3 is 0 Å². The number of rotatable bonds is 10. The van der Waals surface area contributed by atoms with E-state index >= 15 is 0 Å². The first kappa shape index (κ1) is 20.4. The second-order valence-electron chi connectivity index (χ2n) is 7.74. The van der Waals surface area contributed by atoms with E-state index in [1.807, 2.05) is 30.3 Å². The van der Waals surface area contributed by atoms with Crippen LogP contribution in [0.15, 0.2) is 30.3 Å². The molecule has 4 nitrogen and oxygen atoms in total. The van der Waals surface area contributed by atoms with Crippen LogP contribution in [0.1, 0.15) is 56.2 Å². The maximum atomic E-state index is 11.5. The second kappa shape index (κ2) is 9.72. The zero-order valence-electron chi connectivity index (χ0n) is 16.3. The number of anilines is 1. The van der Waals surface area contributed by atoms with E-state index in [2.05, 4.69) is 33.0 Å². The van der Waals surface area contributed by atoms with Crippen molar-refractivity contribution in [3.63, 3.8) is 0 Å². The van der Waals surface area contributed by atoms with E-state index in [1.54, 1.807) is 11.3 Å². The highest BCUT2D eigenvalue weighted by Gasteiger charge is 2.17. The predicted octanol–water partition coefficient (Wildman–Crippen LogP) is 4.61. The summed E-state index contributed by atoms with van der Waals surface area (Å²) in [7, 11) is 0. The molecule has 0 spiro atoms. The quantitative estimate of drug-likeness (QED) is 0.639. The maximum Gasteiger partial charge on any atom is 0.218 e. The molecule has 1 aromatic heterocycles. The molecular formula is C21H31N3OS. The van der Waals surface area contributed by atoms with Gasteiger partial charge in [-0.25, -0.2) is 4.98 Å². The fourth-order valence-electron chi connectivity index (χ4n) is 3.02. The van der Waals surface area contributed by atoms with E-state index in [-0.39, 0.29) is 11.8 Å². The summed E-state index contributed by atoms with van der Waals surface area (Å²) in [5.41, 5.74) is 7.80. The van der Waals surface area contributed by atoms with Crippen LogP contribution in [0, 0.1) is 11.8 Å². The Kier molecular flexibility index (Phi) is 7.64. The molecular weight excluding hydrogens is 342 g/mol. The highest BCUT2D eigenvalue weighted by atomic mass is 32.1. The molecule has 5 heteroatoms. The number of benzene rings is 1. The van der Waals surface area contributed by atoms with E-state index in [1.165, 1.54) is 10.6 Å². The van der Waals surface area contributed by atoms with Crippen LogP contribution in [-0.2, 0) is 17.6 Å². The number of nitrogens with zero attached hydrogens (tertiary/aromatic N) is 1. The van der Waals surface area contributed by atoms with Crippen molar-refractivity contribution in [1.82, 2.24) is 4.98 Å². The summed E-state index contributed by atoms with van der Waals surface area (Å²) in [4.78, 5) is 17.7. The van der Waals surface area contributed by atoms with Crippen molar-refractivity contribution in [3.8, 4) is 0 Å². The van der Waals surface area contributed by atoms with Crippen LogP contribution >= 0.6 is 11.3 Å². The average molecular weight is 374 g/mol. The Bertz CT molecular complexity index is 667. The lowest BCUT2D eigenvalue weighted by atomic mass is 9.95. The molecule has 0 aliphatic carbocycles. The molecule has 142 valence electrons. The number of hydrogen-bond donors (Lipinski definition) is 2. The van der Waals surface area contributed by atoms with E-state index in [4.69, 9.17) is 10.7 Å². The number of amides is 1. The van der Waals surface area contributed by atoms with Crippen LogP contribution in [0.3, 0.4) is 0 Å². The molecule has 0 bridgehead atoms. The number of aromatic nitrogens is 1. The van der Waals surface area contributed by atoms with Crippen molar-refractivity contribution in [2.75, 3.05) is 11.9 Å². The molecule has 0 aliphatic rings. The second-order valence-corrected chi connectivity index (χ2v) is 8.83. The average Bonchev–Trinajstić information content (AvgIpc) is 2.92. The molecule has 1 amide bonds. The van der Waals surface area contributed by atoms with E-state index in [0.717, 1.165) is 23.5 Å². The van der Waals surface area contributed by atoms with Gasteiger partial charge in [-0.1, -0.05) is 58.0 Å². The number of nitrogens with two attached hydrogens (primary N) is 1. The summed E-state index contributed by atoms with van der Waals surface area (Å²) in [5, 5.41) is 4.40. The van der Waals surface area contributed by atoms with Crippen molar-refractivity contribution >= 4 is 22.4 Å². The van der Waals surface area contributed by atoms with Gasteiger partial charge in [0.25, 0.3) is 0 Å². The standard InChI is InChI=1S/C21H31N3OS/c1-14(2)10-18-19(11-15(3)4)26-21(24-18)23-13-17(12-20(22)25)16-8-6-5-7-9-16/h5-9,14-15,17H,10-13H2,1-4H3,(H2,22,25)(H,23,24). The van der Waals surface area contributed by atoms with Gasteiger partial charge < -0.3 is 11.1 Å². The highest BCUT2D eigenvalue weighted by Crippen LogP contribution is 2.29. The summed E-state index contributed by atoms with van der Waals surface area (Å²) >= 11 is 1.75. The lowest BCUT2D eigenvalue weighted by molar-refractivity contribution is -0.118. The van der Waals surface area contributed by atoms with Crippen LogP contribution in [0.25, 0.3) is 0 Å². The molecule has 1 atom stereocenters. The van der Waals surface area contributed by atoms with Crippen LogP contribution in [0.2, 0.25) is 0 Å².